The topological polar surface area (TPSA) is 41.1 Å². The lowest BCUT2D eigenvalue weighted by Gasteiger charge is -2.28. The Morgan fingerprint density at radius 2 is 2.30 bits per heavy atom. The minimum absolute atomic E-state index is 0. The molecule has 20 heavy (non-hydrogen) atoms. The summed E-state index contributed by atoms with van der Waals surface area (Å²) < 4.78 is 13.8. The maximum atomic E-state index is 13.4. The van der Waals surface area contributed by atoms with Gasteiger partial charge in [-0.25, -0.2) is 4.39 Å². The van der Waals surface area contributed by atoms with Crippen molar-refractivity contribution in [3.05, 3.63) is 34.1 Å². The third-order valence-corrected chi connectivity index (χ3v) is 4.23. The molecule has 3 nitrogen and oxygen atoms in total. The Bertz CT molecular complexity index is 466. The van der Waals surface area contributed by atoms with Crippen molar-refractivity contribution in [1.82, 2.24) is 10.6 Å². The molecule has 112 valence electrons. The van der Waals surface area contributed by atoms with E-state index in [1.807, 2.05) is 6.92 Å². The second-order valence-electron chi connectivity index (χ2n) is 5.00. The Labute approximate surface area is 133 Å². The molecule has 2 unspecified atom stereocenters. The number of carbonyl (C=O) groups is 1. The van der Waals surface area contributed by atoms with E-state index >= 15 is 0 Å². The number of rotatable bonds is 3. The molecule has 1 heterocycles. The van der Waals surface area contributed by atoms with E-state index in [-0.39, 0.29) is 24.4 Å². The minimum Gasteiger partial charge on any atom is -0.349 e. The summed E-state index contributed by atoms with van der Waals surface area (Å²) in [4.78, 5) is 12.0. The standard InChI is InChI=1S/C14H18BrFN2O.ClH/c1-9(11-3-2-6-17-8-11)18-14(19)10-4-5-12(15)13(16)7-10;/h4-5,7,9,11,17H,2-3,6,8H2,1H3,(H,18,19);1H. The van der Waals surface area contributed by atoms with Crippen molar-refractivity contribution in [2.45, 2.75) is 25.8 Å². The molecule has 0 aromatic heterocycles. The summed E-state index contributed by atoms with van der Waals surface area (Å²) in [6, 6.07) is 4.52. The molecule has 0 radical (unpaired) electrons. The molecule has 0 aliphatic carbocycles. The number of carbonyl (C=O) groups excluding carboxylic acids is 1. The molecule has 0 bridgehead atoms. The summed E-state index contributed by atoms with van der Waals surface area (Å²) >= 11 is 3.08. The molecule has 0 saturated carbocycles. The van der Waals surface area contributed by atoms with Crippen LogP contribution in [0.3, 0.4) is 0 Å². The van der Waals surface area contributed by atoms with Crippen LogP contribution >= 0.6 is 28.3 Å². The third-order valence-electron chi connectivity index (χ3n) is 3.58. The van der Waals surface area contributed by atoms with Gasteiger partial charge in [0.1, 0.15) is 5.82 Å². The normalized spacial score (nSPS) is 19.9. The molecular formula is C14H19BrClFN2O. The number of nitrogens with one attached hydrogen (secondary N) is 2. The number of piperidine rings is 1. The molecule has 1 amide bonds. The average molecular weight is 366 g/mol. The fourth-order valence-electron chi connectivity index (χ4n) is 2.35. The smallest absolute Gasteiger partial charge is 0.251 e. The highest BCUT2D eigenvalue weighted by molar-refractivity contribution is 9.10. The maximum absolute atomic E-state index is 13.4. The molecule has 2 atom stereocenters. The van der Waals surface area contributed by atoms with E-state index in [1.54, 1.807) is 12.1 Å². The Kier molecular flexibility index (Phi) is 6.92. The predicted molar refractivity (Wildman–Crippen MR) is 83.9 cm³/mol. The lowest BCUT2D eigenvalue weighted by atomic mass is 9.92. The second-order valence-corrected chi connectivity index (χ2v) is 5.85. The van der Waals surface area contributed by atoms with Crippen LogP contribution in [0.25, 0.3) is 0 Å². The Balaban J connectivity index is 0.00000200. The van der Waals surface area contributed by atoms with E-state index in [2.05, 4.69) is 26.6 Å². The molecule has 1 aliphatic rings. The minimum atomic E-state index is -0.417. The molecule has 2 rings (SSSR count). The van der Waals surface area contributed by atoms with Gasteiger partial charge in [0.2, 0.25) is 0 Å². The van der Waals surface area contributed by atoms with Crippen molar-refractivity contribution < 1.29 is 9.18 Å². The Morgan fingerprint density at radius 1 is 1.55 bits per heavy atom. The van der Waals surface area contributed by atoms with Crippen molar-refractivity contribution in [3.8, 4) is 0 Å². The third kappa shape index (κ3) is 4.43. The summed E-state index contributed by atoms with van der Waals surface area (Å²) in [5.41, 5.74) is 0.358. The number of halogens is 3. The van der Waals surface area contributed by atoms with Gasteiger partial charge >= 0.3 is 0 Å². The molecule has 1 fully saturated rings. The van der Waals surface area contributed by atoms with Gasteiger partial charge in [-0.2, -0.15) is 0 Å². The first-order valence-electron chi connectivity index (χ1n) is 6.54. The van der Waals surface area contributed by atoms with Crippen LogP contribution in [0, 0.1) is 11.7 Å². The summed E-state index contributed by atoms with van der Waals surface area (Å²) in [6.07, 6.45) is 2.25. The van der Waals surface area contributed by atoms with Gasteiger partial charge in [-0.15, -0.1) is 12.4 Å². The van der Waals surface area contributed by atoms with E-state index in [1.165, 1.54) is 6.07 Å². The zero-order chi connectivity index (χ0) is 13.8. The molecule has 1 aliphatic heterocycles. The fraction of sp³-hybridized carbons (Fsp3) is 0.500. The van der Waals surface area contributed by atoms with Gasteiger partial charge in [-0.05, 0) is 72.9 Å². The lowest BCUT2D eigenvalue weighted by molar-refractivity contribution is 0.0921. The van der Waals surface area contributed by atoms with Crippen molar-refractivity contribution in [2.75, 3.05) is 13.1 Å². The number of amides is 1. The Morgan fingerprint density at radius 3 is 2.90 bits per heavy atom. The van der Waals surface area contributed by atoms with Crippen molar-refractivity contribution in [1.29, 1.82) is 0 Å². The van der Waals surface area contributed by atoms with Crippen LogP contribution in [0.4, 0.5) is 4.39 Å². The van der Waals surface area contributed by atoms with E-state index < -0.39 is 5.82 Å². The molecule has 6 heteroatoms. The summed E-state index contributed by atoms with van der Waals surface area (Å²) in [5, 5.41) is 6.28. The molecule has 0 spiro atoms. The van der Waals surface area contributed by atoms with Gasteiger partial charge in [-0.1, -0.05) is 0 Å². The average Bonchev–Trinajstić information content (AvgIpc) is 2.42. The van der Waals surface area contributed by atoms with Crippen LogP contribution in [0.15, 0.2) is 22.7 Å². The van der Waals surface area contributed by atoms with Crippen molar-refractivity contribution >= 4 is 34.2 Å². The lowest BCUT2D eigenvalue weighted by Crippen LogP contribution is -2.44. The zero-order valence-corrected chi connectivity index (χ0v) is 13.7. The SMILES string of the molecule is CC(NC(=O)c1ccc(Br)c(F)c1)C1CCCNC1.Cl. The first-order chi connectivity index (χ1) is 9.08. The van der Waals surface area contributed by atoms with Gasteiger partial charge in [0.05, 0.1) is 4.47 Å². The highest BCUT2D eigenvalue weighted by Crippen LogP contribution is 2.18. The number of hydrogen-bond acceptors (Lipinski definition) is 2. The van der Waals surface area contributed by atoms with Crippen LogP contribution in [-0.2, 0) is 0 Å². The van der Waals surface area contributed by atoms with E-state index in [0.717, 1.165) is 25.9 Å². The monoisotopic (exact) mass is 364 g/mol. The molecule has 2 N–H and O–H groups in total. The van der Waals surface area contributed by atoms with Crippen LogP contribution in [0.1, 0.15) is 30.1 Å². The zero-order valence-electron chi connectivity index (χ0n) is 11.3. The first kappa shape index (κ1) is 17.4. The van der Waals surface area contributed by atoms with Crippen LogP contribution in [-0.4, -0.2) is 25.0 Å². The van der Waals surface area contributed by atoms with Gasteiger partial charge in [0.15, 0.2) is 0 Å². The van der Waals surface area contributed by atoms with Crippen LogP contribution < -0.4 is 10.6 Å². The molecular weight excluding hydrogens is 347 g/mol. The van der Waals surface area contributed by atoms with Crippen LogP contribution in [0.5, 0.6) is 0 Å². The first-order valence-corrected chi connectivity index (χ1v) is 7.34. The predicted octanol–water partition coefficient (Wildman–Crippen LogP) is 3.13. The van der Waals surface area contributed by atoms with Gasteiger partial charge < -0.3 is 10.6 Å². The second kappa shape index (κ2) is 7.96. The van der Waals surface area contributed by atoms with Crippen molar-refractivity contribution in [3.63, 3.8) is 0 Å². The Hall–Kier alpha value is -0.650. The molecule has 1 aromatic rings. The van der Waals surface area contributed by atoms with Gasteiger partial charge in [-0.3, -0.25) is 4.79 Å². The van der Waals surface area contributed by atoms with E-state index in [4.69, 9.17) is 0 Å². The summed E-state index contributed by atoms with van der Waals surface area (Å²) in [5.74, 6) is -0.192. The molecule has 1 saturated heterocycles. The fourth-order valence-corrected chi connectivity index (χ4v) is 2.60. The van der Waals surface area contributed by atoms with E-state index in [0.29, 0.717) is 16.0 Å². The summed E-state index contributed by atoms with van der Waals surface area (Å²) in [6.45, 7) is 3.98. The van der Waals surface area contributed by atoms with Gasteiger partial charge in [0, 0.05) is 11.6 Å². The number of hydrogen-bond donors (Lipinski definition) is 2. The van der Waals surface area contributed by atoms with Crippen molar-refractivity contribution in [2.24, 2.45) is 5.92 Å². The maximum Gasteiger partial charge on any atom is 0.251 e. The largest absolute Gasteiger partial charge is 0.349 e. The highest BCUT2D eigenvalue weighted by atomic mass is 79.9. The highest BCUT2D eigenvalue weighted by Gasteiger charge is 2.21. The van der Waals surface area contributed by atoms with Crippen LogP contribution in [0.2, 0.25) is 0 Å². The summed E-state index contributed by atoms with van der Waals surface area (Å²) in [7, 11) is 0. The number of benzene rings is 1. The van der Waals surface area contributed by atoms with Gasteiger partial charge in [0.25, 0.3) is 5.91 Å². The quantitative estimate of drug-likeness (QED) is 0.864. The van der Waals surface area contributed by atoms with E-state index in [9.17, 15) is 9.18 Å². The molecule has 1 aromatic carbocycles.